The molecular weight excluding hydrogens is 320 g/mol. The van der Waals surface area contributed by atoms with E-state index in [2.05, 4.69) is 0 Å². The van der Waals surface area contributed by atoms with Crippen molar-refractivity contribution in [2.24, 2.45) is 5.41 Å². The van der Waals surface area contributed by atoms with Crippen LogP contribution < -0.4 is 9.47 Å². The highest BCUT2D eigenvalue weighted by Crippen LogP contribution is 2.58. The molecular formula is C17H21ClO5. The Morgan fingerprint density at radius 2 is 1.87 bits per heavy atom. The van der Waals surface area contributed by atoms with Gasteiger partial charge in [-0.15, -0.1) is 11.6 Å². The quantitative estimate of drug-likeness (QED) is 0.625. The van der Waals surface area contributed by atoms with E-state index >= 15 is 0 Å². The zero-order valence-electron chi connectivity index (χ0n) is 13.8. The van der Waals surface area contributed by atoms with Crippen LogP contribution in [0.2, 0.25) is 0 Å². The first-order chi connectivity index (χ1) is 11.0. The number of fused-ring (bicyclic) bond motifs is 2. The van der Waals surface area contributed by atoms with Gasteiger partial charge in [0.15, 0.2) is 0 Å². The van der Waals surface area contributed by atoms with Gasteiger partial charge in [-0.2, -0.15) is 0 Å². The molecule has 0 radical (unpaired) electrons. The number of ether oxygens (including phenoxy) is 4. The fourth-order valence-corrected chi connectivity index (χ4v) is 4.15. The normalized spacial score (nSPS) is 25.5. The van der Waals surface area contributed by atoms with Gasteiger partial charge < -0.3 is 18.9 Å². The number of hydrogen-bond donors (Lipinski definition) is 0. The van der Waals surface area contributed by atoms with Gasteiger partial charge in [0.2, 0.25) is 0 Å². The molecule has 0 saturated heterocycles. The lowest BCUT2D eigenvalue weighted by Gasteiger charge is -2.26. The first kappa shape index (κ1) is 16.4. The van der Waals surface area contributed by atoms with E-state index < -0.39 is 10.8 Å². The summed E-state index contributed by atoms with van der Waals surface area (Å²) in [4.78, 5) is 12.3. The van der Waals surface area contributed by atoms with E-state index in [0.29, 0.717) is 19.6 Å². The Balaban J connectivity index is 2.26. The van der Waals surface area contributed by atoms with Crippen molar-refractivity contribution in [2.75, 3.05) is 27.9 Å². The zero-order valence-corrected chi connectivity index (χ0v) is 14.6. The fraction of sp³-hybridized carbons (Fsp3) is 0.588. The van der Waals surface area contributed by atoms with Crippen LogP contribution in [0.4, 0.5) is 0 Å². The van der Waals surface area contributed by atoms with Gasteiger partial charge in [0.05, 0.1) is 45.3 Å². The summed E-state index contributed by atoms with van der Waals surface area (Å²) in [5.41, 5.74) is 2.98. The maximum absolute atomic E-state index is 12.3. The van der Waals surface area contributed by atoms with Crippen LogP contribution in [-0.4, -0.2) is 33.9 Å². The number of halogens is 1. The van der Waals surface area contributed by atoms with E-state index in [1.807, 2.05) is 6.92 Å². The molecule has 6 heteroatoms. The molecule has 1 aliphatic carbocycles. The van der Waals surface area contributed by atoms with Crippen molar-refractivity contribution in [1.29, 1.82) is 0 Å². The van der Waals surface area contributed by atoms with E-state index in [0.717, 1.165) is 40.2 Å². The SMILES string of the molecule is COC(=O)C1(C)Cc2c(OC)c3c(c(OC)c2C1Cl)CCOC3. The lowest BCUT2D eigenvalue weighted by molar-refractivity contribution is -0.151. The van der Waals surface area contributed by atoms with Crippen LogP contribution in [0.25, 0.3) is 0 Å². The molecule has 3 rings (SSSR count). The lowest BCUT2D eigenvalue weighted by Crippen LogP contribution is -2.31. The van der Waals surface area contributed by atoms with Crippen LogP contribution in [0.3, 0.4) is 0 Å². The minimum atomic E-state index is -0.843. The highest BCUT2D eigenvalue weighted by atomic mass is 35.5. The van der Waals surface area contributed by atoms with Crippen LogP contribution in [-0.2, 0) is 33.7 Å². The number of rotatable bonds is 3. The molecule has 1 aromatic carbocycles. The summed E-state index contributed by atoms with van der Waals surface area (Å²) in [6.07, 6.45) is 1.19. The summed E-state index contributed by atoms with van der Waals surface area (Å²) in [5, 5.41) is -0.526. The molecule has 0 fully saturated rings. The minimum Gasteiger partial charge on any atom is -0.496 e. The topological polar surface area (TPSA) is 54.0 Å². The average Bonchev–Trinajstić information content (AvgIpc) is 2.84. The van der Waals surface area contributed by atoms with Crippen LogP contribution >= 0.6 is 11.6 Å². The Hall–Kier alpha value is -1.46. The zero-order chi connectivity index (χ0) is 16.8. The number of carbonyl (C=O) groups excluding carboxylic acids is 1. The number of alkyl halides is 1. The second-order valence-electron chi connectivity index (χ2n) is 6.17. The monoisotopic (exact) mass is 340 g/mol. The highest BCUT2D eigenvalue weighted by Gasteiger charge is 2.52. The van der Waals surface area contributed by atoms with Crippen LogP contribution in [0.15, 0.2) is 0 Å². The highest BCUT2D eigenvalue weighted by molar-refractivity contribution is 6.23. The van der Waals surface area contributed by atoms with Crippen molar-refractivity contribution in [3.8, 4) is 11.5 Å². The fourth-order valence-electron chi connectivity index (χ4n) is 3.75. The van der Waals surface area contributed by atoms with Gasteiger partial charge in [0.25, 0.3) is 0 Å². The van der Waals surface area contributed by atoms with Gasteiger partial charge in [-0.3, -0.25) is 4.79 Å². The Morgan fingerprint density at radius 1 is 1.17 bits per heavy atom. The van der Waals surface area contributed by atoms with E-state index in [1.165, 1.54) is 7.11 Å². The predicted molar refractivity (Wildman–Crippen MR) is 85.3 cm³/mol. The summed E-state index contributed by atoms with van der Waals surface area (Å²) >= 11 is 6.71. The van der Waals surface area contributed by atoms with Gasteiger partial charge in [0, 0.05) is 22.3 Å². The number of hydrogen-bond acceptors (Lipinski definition) is 5. The molecule has 0 N–H and O–H groups in total. The van der Waals surface area contributed by atoms with E-state index in [9.17, 15) is 4.79 Å². The second kappa shape index (κ2) is 5.87. The maximum atomic E-state index is 12.3. The van der Waals surface area contributed by atoms with Crippen molar-refractivity contribution in [1.82, 2.24) is 0 Å². The van der Waals surface area contributed by atoms with Gasteiger partial charge >= 0.3 is 5.97 Å². The minimum absolute atomic E-state index is 0.327. The van der Waals surface area contributed by atoms with Gasteiger partial charge in [-0.05, 0) is 19.8 Å². The molecule has 0 amide bonds. The number of methoxy groups -OCH3 is 3. The standard InChI is InChI=1S/C17H21ClO5/c1-17(16(19)22-4)7-10-12(15(17)18)14(21-3)9-5-6-23-8-11(9)13(10)20-2/h15H,5-8H2,1-4H3. The maximum Gasteiger partial charge on any atom is 0.313 e. The van der Waals surface area contributed by atoms with Crippen LogP contribution in [0.5, 0.6) is 11.5 Å². The largest absolute Gasteiger partial charge is 0.496 e. The van der Waals surface area contributed by atoms with E-state index in [1.54, 1.807) is 14.2 Å². The molecule has 0 bridgehead atoms. The van der Waals surface area contributed by atoms with E-state index in [4.69, 9.17) is 30.5 Å². The summed E-state index contributed by atoms with van der Waals surface area (Å²) in [7, 11) is 4.65. The molecule has 1 heterocycles. The van der Waals surface area contributed by atoms with E-state index in [-0.39, 0.29) is 5.97 Å². The van der Waals surface area contributed by atoms with Crippen LogP contribution in [0, 0.1) is 5.41 Å². The number of benzene rings is 1. The third kappa shape index (κ3) is 2.21. The van der Waals surface area contributed by atoms with Crippen molar-refractivity contribution < 1.29 is 23.7 Å². The molecule has 2 unspecified atom stereocenters. The Labute approximate surface area is 140 Å². The molecule has 5 nitrogen and oxygen atoms in total. The van der Waals surface area contributed by atoms with Gasteiger partial charge in [0.1, 0.15) is 11.5 Å². The second-order valence-corrected chi connectivity index (χ2v) is 6.60. The Kier molecular flexibility index (Phi) is 4.19. The Bertz CT molecular complexity index is 657. The molecule has 1 aromatic rings. The number of carbonyl (C=O) groups is 1. The smallest absolute Gasteiger partial charge is 0.313 e. The summed E-state index contributed by atoms with van der Waals surface area (Å²) < 4.78 is 21.9. The average molecular weight is 341 g/mol. The summed E-state index contributed by atoms with van der Waals surface area (Å²) in [5.74, 6) is 1.19. The first-order valence-electron chi connectivity index (χ1n) is 7.58. The summed E-state index contributed by atoms with van der Waals surface area (Å²) in [6.45, 7) is 2.93. The van der Waals surface area contributed by atoms with Crippen molar-refractivity contribution >= 4 is 17.6 Å². The third-order valence-electron chi connectivity index (χ3n) is 4.92. The van der Waals surface area contributed by atoms with Crippen molar-refractivity contribution in [2.45, 2.75) is 31.7 Å². The molecule has 126 valence electrons. The first-order valence-corrected chi connectivity index (χ1v) is 8.01. The van der Waals surface area contributed by atoms with Gasteiger partial charge in [-0.1, -0.05) is 0 Å². The van der Waals surface area contributed by atoms with Gasteiger partial charge in [-0.25, -0.2) is 0 Å². The van der Waals surface area contributed by atoms with Crippen molar-refractivity contribution in [3.63, 3.8) is 0 Å². The molecule has 0 saturated carbocycles. The summed E-state index contributed by atoms with van der Waals surface area (Å²) in [6, 6.07) is 0. The molecule has 1 aliphatic heterocycles. The molecule has 0 spiro atoms. The molecule has 2 aliphatic rings. The molecule has 2 atom stereocenters. The van der Waals surface area contributed by atoms with Crippen molar-refractivity contribution in [3.05, 3.63) is 22.3 Å². The molecule has 23 heavy (non-hydrogen) atoms. The Morgan fingerprint density at radius 3 is 2.48 bits per heavy atom. The number of esters is 1. The third-order valence-corrected chi connectivity index (χ3v) is 5.62. The predicted octanol–water partition coefficient (Wildman–Crippen LogP) is 2.79. The van der Waals surface area contributed by atoms with Crippen LogP contribution in [0.1, 0.15) is 34.6 Å². The molecule has 0 aromatic heterocycles. The lowest BCUT2D eigenvalue weighted by atomic mass is 9.87.